The Morgan fingerprint density at radius 2 is 1.68 bits per heavy atom. The Morgan fingerprint density at radius 1 is 0.968 bits per heavy atom. The number of piperidine rings is 3. The lowest BCUT2D eigenvalue weighted by Crippen LogP contribution is -2.65. The van der Waals surface area contributed by atoms with Crippen LogP contribution in [0.3, 0.4) is 0 Å². The molecule has 162 valence electrons. The van der Waals surface area contributed by atoms with E-state index in [-0.39, 0.29) is 0 Å². The molecule has 0 aromatic heterocycles. The Hall–Kier alpha value is -1.43. The smallest absolute Gasteiger partial charge is 0.0326 e. The van der Waals surface area contributed by atoms with Crippen LogP contribution in [0.1, 0.15) is 36.8 Å². The minimum Gasteiger partial charge on any atom is -0.308 e. The van der Waals surface area contributed by atoms with Gasteiger partial charge in [-0.1, -0.05) is 79.8 Å². The molecule has 1 N–H and O–H groups in total. The standard InChI is InChI=1S/C28H33IN2/c1-20-9-5-7-13-24(20)26(21-10-3-2-4-11-21)28-27(22-15-17-31(28)18-16-22)30-19-23-12-6-8-14-25(23)29/h2-14,20,22,24,26-28,30H,15-19H2,1H3. The SMILES string of the molecule is CC1C=CC=CC1C(c1ccccc1)C1C(NCc2ccccc2I)C2CCN1CC2. The van der Waals surface area contributed by atoms with Crippen LogP contribution in [-0.2, 0) is 6.54 Å². The second kappa shape index (κ2) is 9.60. The molecule has 0 radical (unpaired) electrons. The van der Waals surface area contributed by atoms with E-state index in [9.17, 15) is 0 Å². The summed E-state index contributed by atoms with van der Waals surface area (Å²) in [6.45, 7) is 5.86. The predicted molar refractivity (Wildman–Crippen MR) is 138 cm³/mol. The van der Waals surface area contributed by atoms with Crippen molar-refractivity contribution in [2.24, 2.45) is 17.8 Å². The summed E-state index contributed by atoms with van der Waals surface area (Å²) in [6.07, 6.45) is 12.0. The van der Waals surface area contributed by atoms with Crippen LogP contribution in [0.5, 0.6) is 0 Å². The lowest BCUT2D eigenvalue weighted by Gasteiger charge is -2.55. The van der Waals surface area contributed by atoms with Crippen LogP contribution in [0, 0.1) is 21.3 Å². The van der Waals surface area contributed by atoms with Crippen molar-refractivity contribution in [3.8, 4) is 0 Å². The molecule has 2 aromatic rings. The summed E-state index contributed by atoms with van der Waals surface area (Å²) in [5, 5.41) is 4.08. The summed E-state index contributed by atoms with van der Waals surface area (Å²) >= 11 is 2.48. The first kappa shape index (κ1) is 21.4. The number of nitrogens with one attached hydrogen (secondary N) is 1. The van der Waals surface area contributed by atoms with Crippen LogP contribution in [0.15, 0.2) is 78.9 Å². The summed E-state index contributed by atoms with van der Waals surface area (Å²) in [5.74, 6) is 2.39. The third kappa shape index (κ3) is 4.42. The van der Waals surface area contributed by atoms with Crippen LogP contribution in [0.25, 0.3) is 0 Å². The highest BCUT2D eigenvalue weighted by molar-refractivity contribution is 14.1. The van der Waals surface area contributed by atoms with E-state index in [1.54, 1.807) is 0 Å². The zero-order valence-corrected chi connectivity index (χ0v) is 20.5. The van der Waals surface area contributed by atoms with Crippen molar-refractivity contribution in [2.75, 3.05) is 13.1 Å². The lowest BCUT2D eigenvalue weighted by atomic mass is 9.65. The third-order valence-corrected chi connectivity index (χ3v) is 8.84. The molecule has 2 aromatic carbocycles. The number of hydrogen-bond donors (Lipinski definition) is 1. The Kier molecular flexibility index (Phi) is 6.63. The van der Waals surface area contributed by atoms with Gasteiger partial charge < -0.3 is 5.32 Å². The number of nitrogens with zero attached hydrogens (tertiary/aromatic N) is 1. The van der Waals surface area contributed by atoms with Crippen molar-refractivity contribution in [3.63, 3.8) is 0 Å². The van der Waals surface area contributed by atoms with Crippen LogP contribution in [0.2, 0.25) is 0 Å². The van der Waals surface area contributed by atoms with Gasteiger partial charge >= 0.3 is 0 Å². The fourth-order valence-corrected chi connectivity index (χ4v) is 6.77. The number of allylic oxidation sites excluding steroid dienone is 4. The molecule has 3 saturated heterocycles. The third-order valence-electron chi connectivity index (χ3n) is 7.79. The van der Waals surface area contributed by atoms with Gasteiger partial charge in [0.15, 0.2) is 0 Å². The summed E-state index contributed by atoms with van der Waals surface area (Å²) in [6, 6.07) is 21.2. The van der Waals surface area contributed by atoms with Crippen molar-refractivity contribution >= 4 is 22.6 Å². The number of fused-ring (bicyclic) bond motifs is 3. The zero-order valence-electron chi connectivity index (χ0n) is 18.3. The molecule has 3 heteroatoms. The lowest BCUT2D eigenvalue weighted by molar-refractivity contribution is -0.0102. The first-order valence-corrected chi connectivity index (χ1v) is 12.9. The van der Waals surface area contributed by atoms with Gasteiger partial charge in [-0.25, -0.2) is 0 Å². The average molecular weight is 524 g/mol. The first-order valence-electron chi connectivity index (χ1n) is 11.8. The van der Waals surface area contributed by atoms with Gasteiger partial charge in [0.25, 0.3) is 0 Å². The van der Waals surface area contributed by atoms with E-state index < -0.39 is 0 Å². The van der Waals surface area contributed by atoms with E-state index in [0.29, 0.717) is 29.8 Å². The highest BCUT2D eigenvalue weighted by Crippen LogP contribution is 2.45. The maximum atomic E-state index is 4.08. The molecule has 4 aliphatic rings. The summed E-state index contributed by atoms with van der Waals surface area (Å²) in [7, 11) is 0. The largest absolute Gasteiger partial charge is 0.308 e. The van der Waals surface area contributed by atoms with Crippen LogP contribution in [-0.4, -0.2) is 30.1 Å². The van der Waals surface area contributed by atoms with E-state index in [1.807, 2.05) is 0 Å². The van der Waals surface area contributed by atoms with Crippen molar-refractivity contribution in [1.82, 2.24) is 10.2 Å². The fraction of sp³-hybridized carbons (Fsp3) is 0.429. The van der Waals surface area contributed by atoms with Crippen molar-refractivity contribution in [3.05, 3.63) is 93.6 Å². The second-order valence-corrected chi connectivity index (χ2v) is 10.7. The minimum atomic E-state index is 0.507. The molecule has 3 fully saturated rings. The molecule has 3 heterocycles. The molecule has 0 spiro atoms. The molecule has 1 aliphatic carbocycles. The number of benzene rings is 2. The average Bonchev–Trinajstić information content (AvgIpc) is 2.82. The fourth-order valence-electron chi connectivity index (χ4n) is 6.19. The molecular weight excluding hydrogens is 491 g/mol. The predicted octanol–water partition coefficient (Wildman–Crippen LogP) is 6.01. The van der Waals surface area contributed by atoms with E-state index in [2.05, 4.69) is 119 Å². The molecular formula is C28H33IN2. The molecule has 5 atom stereocenters. The van der Waals surface area contributed by atoms with Gasteiger partial charge in [0.05, 0.1) is 0 Å². The van der Waals surface area contributed by atoms with Gasteiger partial charge in [-0.3, -0.25) is 4.90 Å². The minimum absolute atomic E-state index is 0.507. The Balaban J connectivity index is 1.49. The first-order chi connectivity index (χ1) is 15.2. The Labute approximate surface area is 201 Å². The van der Waals surface area contributed by atoms with Crippen molar-refractivity contribution < 1.29 is 0 Å². The van der Waals surface area contributed by atoms with Crippen molar-refractivity contribution in [1.29, 1.82) is 0 Å². The number of rotatable bonds is 6. The van der Waals surface area contributed by atoms with Gasteiger partial charge in [-0.15, -0.1) is 0 Å². The van der Waals surface area contributed by atoms with E-state index >= 15 is 0 Å². The highest BCUT2D eigenvalue weighted by atomic mass is 127. The zero-order chi connectivity index (χ0) is 21.2. The van der Waals surface area contributed by atoms with Crippen LogP contribution >= 0.6 is 22.6 Å². The van der Waals surface area contributed by atoms with Gasteiger partial charge in [0.1, 0.15) is 0 Å². The normalized spacial score (nSPS) is 32.8. The number of hydrogen-bond acceptors (Lipinski definition) is 2. The van der Waals surface area contributed by atoms with Crippen molar-refractivity contribution in [2.45, 2.75) is 44.3 Å². The van der Waals surface area contributed by atoms with Gasteiger partial charge in [0.2, 0.25) is 0 Å². The topological polar surface area (TPSA) is 15.3 Å². The molecule has 3 aliphatic heterocycles. The maximum Gasteiger partial charge on any atom is 0.0326 e. The number of halogens is 1. The van der Waals surface area contributed by atoms with Crippen LogP contribution < -0.4 is 5.32 Å². The molecule has 0 saturated carbocycles. The molecule has 31 heavy (non-hydrogen) atoms. The maximum absolute atomic E-state index is 4.08. The summed E-state index contributed by atoms with van der Waals surface area (Å²) in [5.41, 5.74) is 2.92. The van der Waals surface area contributed by atoms with E-state index in [0.717, 1.165) is 12.5 Å². The molecule has 6 rings (SSSR count). The van der Waals surface area contributed by atoms with Gasteiger partial charge in [-0.05, 0) is 83.5 Å². The van der Waals surface area contributed by atoms with E-state index in [4.69, 9.17) is 0 Å². The molecule has 5 unspecified atom stereocenters. The second-order valence-electron chi connectivity index (χ2n) is 9.50. The van der Waals surface area contributed by atoms with E-state index in [1.165, 1.54) is 40.6 Å². The molecule has 2 nitrogen and oxygen atoms in total. The molecule has 2 bridgehead atoms. The van der Waals surface area contributed by atoms with Gasteiger partial charge in [0, 0.05) is 28.1 Å². The Morgan fingerprint density at radius 3 is 2.42 bits per heavy atom. The Bertz CT molecular complexity index is 929. The van der Waals surface area contributed by atoms with Gasteiger partial charge in [-0.2, -0.15) is 0 Å². The quantitative estimate of drug-likeness (QED) is 0.466. The summed E-state index contributed by atoms with van der Waals surface area (Å²) < 4.78 is 1.36. The highest BCUT2D eigenvalue weighted by Gasteiger charge is 2.48. The summed E-state index contributed by atoms with van der Waals surface area (Å²) in [4.78, 5) is 2.81. The monoisotopic (exact) mass is 524 g/mol. The molecule has 0 amide bonds. The van der Waals surface area contributed by atoms with Crippen LogP contribution in [0.4, 0.5) is 0 Å².